The van der Waals surface area contributed by atoms with Crippen LogP contribution in [0.5, 0.6) is 5.75 Å². The summed E-state index contributed by atoms with van der Waals surface area (Å²) in [5, 5.41) is 0.816. The summed E-state index contributed by atoms with van der Waals surface area (Å²) < 4.78 is 73.8. The monoisotopic (exact) mass is 568 g/mol. The fourth-order valence-corrected chi connectivity index (χ4v) is 6.89. The number of halogens is 1. The van der Waals surface area contributed by atoms with Crippen molar-refractivity contribution in [2.45, 2.75) is 21.7 Å². The first-order chi connectivity index (χ1) is 18.6. The number of aromatic nitrogens is 3. The van der Waals surface area contributed by atoms with Crippen molar-refractivity contribution in [3.8, 4) is 5.75 Å². The normalized spacial score (nSPS) is 12.1. The van der Waals surface area contributed by atoms with E-state index >= 15 is 0 Å². The molecule has 0 spiro atoms. The number of fused-ring (bicyclic) bond motifs is 3. The van der Waals surface area contributed by atoms with Crippen LogP contribution < -0.4 is 10.1 Å². The molecule has 2 heterocycles. The number of aromatic amines is 1. The highest BCUT2D eigenvalue weighted by atomic mass is 32.2. The van der Waals surface area contributed by atoms with Gasteiger partial charge in [-0.2, -0.15) is 0 Å². The summed E-state index contributed by atoms with van der Waals surface area (Å²) in [6.45, 7) is 0. The first kappa shape index (κ1) is 26.3. The molecule has 2 aromatic heterocycles. The molecule has 10 nitrogen and oxygen atoms in total. The molecule has 0 fully saturated rings. The van der Waals surface area contributed by atoms with E-state index in [9.17, 15) is 26.0 Å². The van der Waals surface area contributed by atoms with Gasteiger partial charge in [0.2, 0.25) is 19.7 Å². The Bertz CT molecular complexity index is 1930. The second-order valence-electron chi connectivity index (χ2n) is 8.62. The minimum atomic E-state index is -4.29. The van der Waals surface area contributed by atoms with Crippen LogP contribution in [0.2, 0.25) is 0 Å². The summed E-state index contributed by atoms with van der Waals surface area (Å²) in [7, 11) is -7.19. The SMILES string of the molecule is CNC(=O)Oc1cc(F)cc2c1[nH]c1nc(S(=O)(=O)Cc3ccccc3)nc(S(=O)(=O)Cc3ccccc3)c12. The number of hydrogen-bond donors (Lipinski definition) is 2. The zero-order valence-electron chi connectivity index (χ0n) is 20.4. The molecular weight excluding hydrogens is 547 g/mol. The predicted molar refractivity (Wildman–Crippen MR) is 141 cm³/mol. The minimum absolute atomic E-state index is 0.00236. The van der Waals surface area contributed by atoms with Crippen LogP contribution in [0.15, 0.2) is 83.0 Å². The number of amides is 1. The second kappa shape index (κ2) is 10.1. The van der Waals surface area contributed by atoms with E-state index in [0.29, 0.717) is 11.1 Å². The lowest BCUT2D eigenvalue weighted by Crippen LogP contribution is -2.22. The molecular formula is C26H21FN4O6S2. The average Bonchev–Trinajstić information content (AvgIpc) is 3.27. The molecule has 0 saturated carbocycles. The second-order valence-corrected chi connectivity index (χ2v) is 12.4. The molecule has 1 amide bonds. The van der Waals surface area contributed by atoms with Crippen LogP contribution in [0.25, 0.3) is 21.9 Å². The fraction of sp³-hybridized carbons (Fsp3) is 0.115. The third kappa shape index (κ3) is 5.31. The number of hydrogen-bond acceptors (Lipinski definition) is 8. The van der Waals surface area contributed by atoms with Crippen LogP contribution in [0.3, 0.4) is 0 Å². The molecule has 0 aliphatic carbocycles. The summed E-state index contributed by atoms with van der Waals surface area (Å²) in [6, 6.07) is 18.5. The van der Waals surface area contributed by atoms with Gasteiger partial charge in [-0.3, -0.25) is 0 Å². The van der Waals surface area contributed by atoms with Crippen molar-refractivity contribution < 1.29 is 30.8 Å². The van der Waals surface area contributed by atoms with E-state index in [1.165, 1.54) is 7.05 Å². The van der Waals surface area contributed by atoms with Crippen LogP contribution in [0.4, 0.5) is 9.18 Å². The smallest absolute Gasteiger partial charge is 0.408 e. The molecule has 2 N–H and O–H groups in total. The Labute approximate surface area is 222 Å². The molecule has 0 bridgehead atoms. The molecule has 0 unspecified atom stereocenters. The van der Waals surface area contributed by atoms with Gasteiger partial charge in [-0.1, -0.05) is 60.7 Å². The highest BCUT2D eigenvalue weighted by Gasteiger charge is 2.30. The standard InChI is InChI=1S/C26H21FN4O6S2/c1-28-26(32)37-20-13-18(27)12-19-21-23(29-22(19)20)30-25(39(35,36)15-17-10-6-3-7-11-17)31-24(21)38(33,34)14-16-8-4-2-5-9-16/h2-13H,14-15H2,1H3,(H,28,32)(H,29,30,31). The van der Waals surface area contributed by atoms with Crippen LogP contribution in [-0.4, -0.2) is 44.9 Å². The Kier molecular flexibility index (Phi) is 6.78. The van der Waals surface area contributed by atoms with E-state index in [-0.39, 0.29) is 27.7 Å². The number of carbonyl (C=O) groups is 1. The molecule has 0 radical (unpaired) electrons. The van der Waals surface area contributed by atoms with Crippen molar-refractivity contribution in [2.24, 2.45) is 0 Å². The lowest BCUT2D eigenvalue weighted by molar-refractivity contribution is 0.203. The van der Waals surface area contributed by atoms with Crippen molar-refractivity contribution in [3.05, 3.63) is 89.7 Å². The lowest BCUT2D eigenvalue weighted by Gasteiger charge is -2.09. The largest absolute Gasteiger partial charge is 0.412 e. The Morgan fingerprint density at radius 1 is 0.897 bits per heavy atom. The van der Waals surface area contributed by atoms with Gasteiger partial charge in [-0.05, 0) is 17.2 Å². The maximum Gasteiger partial charge on any atom is 0.412 e. The molecule has 200 valence electrons. The highest BCUT2D eigenvalue weighted by Crippen LogP contribution is 2.36. The third-order valence-corrected chi connectivity index (χ3v) is 8.86. The van der Waals surface area contributed by atoms with Gasteiger partial charge in [-0.15, -0.1) is 0 Å². The summed E-state index contributed by atoms with van der Waals surface area (Å²) in [6.07, 6.45) is -0.894. The van der Waals surface area contributed by atoms with Crippen molar-refractivity contribution in [1.29, 1.82) is 0 Å². The Hall–Kier alpha value is -4.36. The van der Waals surface area contributed by atoms with Gasteiger partial charge in [0.25, 0.3) is 5.16 Å². The molecule has 0 aliphatic heterocycles. The summed E-state index contributed by atoms with van der Waals surface area (Å²) in [5.74, 6) is -2.05. The van der Waals surface area contributed by atoms with Crippen LogP contribution in [0, 0.1) is 5.82 Å². The van der Waals surface area contributed by atoms with Crippen molar-refractivity contribution in [2.75, 3.05) is 7.05 Å². The van der Waals surface area contributed by atoms with Gasteiger partial charge >= 0.3 is 6.09 Å². The molecule has 0 atom stereocenters. The van der Waals surface area contributed by atoms with Crippen LogP contribution >= 0.6 is 0 Å². The Morgan fingerprint density at radius 2 is 1.49 bits per heavy atom. The van der Waals surface area contributed by atoms with Gasteiger partial charge < -0.3 is 15.0 Å². The zero-order valence-corrected chi connectivity index (χ0v) is 22.0. The van der Waals surface area contributed by atoms with Gasteiger partial charge in [0.1, 0.15) is 11.5 Å². The van der Waals surface area contributed by atoms with E-state index in [2.05, 4.69) is 20.3 Å². The van der Waals surface area contributed by atoms with Crippen LogP contribution in [0.1, 0.15) is 11.1 Å². The number of benzene rings is 3. The van der Waals surface area contributed by atoms with E-state index in [1.807, 2.05) is 0 Å². The van der Waals surface area contributed by atoms with Gasteiger partial charge in [0.05, 0.1) is 22.4 Å². The first-order valence-electron chi connectivity index (χ1n) is 11.5. The van der Waals surface area contributed by atoms with Crippen molar-refractivity contribution in [3.63, 3.8) is 0 Å². The van der Waals surface area contributed by atoms with E-state index < -0.39 is 53.3 Å². The molecule has 39 heavy (non-hydrogen) atoms. The molecule has 5 aromatic rings. The average molecular weight is 569 g/mol. The maximum absolute atomic E-state index is 14.6. The maximum atomic E-state index is 14.6. The van der Waals surface area contributed by atoms with Crippen molar-refractivity contribution in [1.82, 2.24) is 20.3 Å². The van der Waals surface area contributed by atoms with Gasteiger partial charge in [-0.25, -0.2) is 36.0 Å². The van der Waals surface area contributed by atoms with E-state index in [0.717, 1.165) is 12.1 Å². The fourth-order valence-electron chi connectivity index (χ4n) is 4.10. The van der Waals surface area contributed by atoms with Gasteiger partial charge in [0, 0.05) is 18.5 Å². The van der Waals surface area contributed by atoms with E-state index in [4.69, 9.17) is 4.74 Å². The number of nitrogens with zero attached hydrogens (tertiary/aromatic N) is 2. The number of H-pyrrole nitrogens is 1. The van der Waals surface area contributed by atoms with Crippen molar-refractivity contribution >= 4 is 47.7 Å². The van der Waals surface area contributed by atoms with Gasteiger partial charge in [0.15, 0.2) is 10.8 Å². The number of sulfone groups is 2. The Balaban J connectivity index is 1.78. The topological polar surface area (TPSA) is 148 Å². The minimum Gasteiger partial charge on any atom is -0.408 e. The number of nitrogens with one attached hydrogen (secondary N) is 2. The number of rotatable bonds is 7. The lowest BCUT2D eigenvalue weighted by atomic mass is 10.2. The zero-order chi connectivity index (χ0) is 27.8. The molecule has 3 aromatic carbocycles. The number of carbonyl (C=O) groups excluding carboxylic acids is 1. The summed E-state index contributed by atoms with van der Waals surface area (Å²) in [5.41, 5.74) is 0.756. The highest BCUT2D eigenvalue weighted by molar-refractivity contribution is 7.91. The Morgan fingerprint density at radius 3 is 2.08 bits per heavy atom. The number of ether oxygens (including phenoxy) is 1. The third-order valence-electron chi connectivity index (χ3n) is 5.81. The summed E-state index contributed by atoms with van der Waals surface area (Å²) in [4.78, 5) is 22.9. The summed E-state index contributed by atoms with van der Waals surface area (Å²) >= 11 is 0. The molecule has 5 rings (SSSR count). The predicted octanol–water partition coefficient (Wildman–Crippen LogP) is 3.92. The quantitative estimate of drug-likeness (QED) is 0.222. The van der Waals surface area contributed by atoms with Crippen LogP contribution in [-0.2, 0) is 31.2 Å². The van der Waals surface area contributed by atoms with E-state index in [1.54, 1.807) is 60.7 Å². The molecule has 0 aliphatic rings. The first-order valence-corrected chi connectivity index (χ1v) is 14.8. The molecule has 0 saturated heterocycles. The molecule has 13 heteroatoms.